The summed E-state index contributed by atoms with van der Waals surface area (Å²) in [5.74, 6) is 1.04. The summed E-state index contributed by atoms with van der Waals surface area (Å²) in [6.07, 6.45) is 1.26. The third-order valence-electron chi connectivity index (χ3n) is 2.44. The molecule has 4 nitrogen and oxygen atoms in total. The number of aliphatic hydroxyl groups is 1. The maximum absolute atomic E-state index is 11.7. The first kappa shape index (κ1) is 13.6. The van der Waals surface area contributed by atoms with E-state index in [0.717, 1.165) is 5.75 Å². The molecule has 1 unspecified atom stereocenters. The lowest BCUT2D eigenvalue weighted by Gasteiger charge is -2.24. The molecule has 0 aromatic carbocycles. The Bertz CT molecular complexity index is 252. The zero-order valence-corrected chi connectivity index (χ0v) is 11.2. The number of β-amino-alcohol motifs (C(OH)–C–C–N with tert-alkyl or cyclic N) is 1. The second kappa shape index (κ2) is 5.27. The number of hydrogen-bond donors (Lipinski definition) is 1. The van der Waals surface area contributed by atoms with Gasteiger partial charge >= 0.3 is 6.09 Å². The summed E-state index contributed by atoms with van der Waals surface area (Å²) in [5.41, 5.74) is -0.473. The Morgan fingerprint density at radius 1 is 1.50 bits per heavy atom. The van der Waals surface area contributed by atoms with Crippen LogP contribution in [0.3, 0.4) is 0 Å². The minimum Gasteiger partial charge on any atom is -0.444 e. The van der Waals surface area contributed by atoms with E-state index in [1.54, 1.807) is 16.7 Å². The van der Waals surface area contributed by atoms with Gasteiger partial charge in [0.15, 0.2) is 0 Å². The highest BCUT2D eigenvalue weighted by Gasteiger charge is 2.35. The lowest BCUT2D eigenvalue weighted by Crippen LogP contribution is -2.35. The number of ether oxygens (including phenoxy) is 1. The SMILES string of the molecule is CSC[C@H]1CN(C(=O)OC(C)(C)C)CC1O. The zero-order valence-electron chi connectivity index (χ0n) is 10.4. The summed E-state index contributed by atoms with van der Waals surface area (Å²) in [4.78, 5) is 13.3. The van der Waals surface area contributed by atoms with Crippen LogP contribution < -0.4 is 0 Å². The first-order valence-electron chi connectivity index (χ1n) is 5.48. The number of carbonyl (C=O) groups excluding carboxylic acids is 1. The summed E-state index contributed by atoms with van der Waals surface area (Å²) in [5, 5.41) is 9.77. The van der Waals surface area contributed by atoms with Crippen molar-refractivity contribution in [3.8, 4) is 0 Å². The summed E-state index contributed by atoms with van der Waals surface area (Å²) in [6.45, 7) is 6.52. The van der Waals surface area contributed by atoms with E-state index in [1.807, 2.05) is 27.0 Å². The van der Waals surface area contributed by atoms with Crippen LogP contribution in [0.1, 0.15) is 20.8 Å². The first-order valence-corrected chi connectivity index (χ1v) is 6.88. The highest BCUT2D eigenvalue weighted by molar-refractivity contribution is 7.98. The molecule has 1 N–H and O–H groups in total. The molecule has 2 atom stereocenters. The van der Waals surface area contributed by atoms with E-state index in [4.69, 9.17) is 4.74 Å². The third-order valence-corrected chi connectivity index (χ3v) is 3.20. The maximum atomic E-state index is 11.7. The van der Waals surface area contributed by atoms with Crippen LogP contribution in [0.2, 0.25) is 0 Å². The molecule has 0 aliphatic carbocycles. The van der Waals surface area contributed by atoms with Gasteiger partial charge in [-0.25, -0.2) is 4.79 Å². The average molecular weight is 247 g/mol. The fraction of sp³-hybridized carbons (Fsp3) is 0.909. The molecule has 1 saturated heterocycles. The molecule has 0 spiro atoms. The van der Waals surface area contributed by atoms with Crippen LogP contribution in [0, 0.1) is 5.92 Å². The molecule has 1 heterocycles. The van der Waals surface area contributed by atoms with Crippen molar-refractivity contribution in [3.63, 3.8) is 0 Å². The second-order valence-electron chi connectivity index (χ2n) is 5.17. The fourth-order valence-electron chi connectivity index (χ4n) is 1.71. The Morgan fingerprint density at radius 3 is 2.62 bits per heavy atom. The molecule has 0 saturated carbocycles. The van der Waals surface area contributed by atoms with Gasteiger partial charge in [0.05, 0.1) is 12.6 Å². The van der Waals surface area contributed by atoms with Gasteiger partial charge in [-0.15, -0.1) is 0 Å². The van der Waals surface area contributed by atoms with Crippen molar-refractivity contribution in [2.45, 2.75) is 32.5 Å². The van der Waals surface area contributed by atoms with Crippen LogP contribution >= 0.6 is 11.8 Å². The quantitative estimate of drug-likeness (QED) is 0.805. The van der Waals surface area contributed by atoms with Crippen LogP contribution in [0.5, 0.6) is 0 Å². The van der Waals surface area contributed by atoms with Crippen LogP contribution in [-0.4, -0.2) is 52.9 Å². The molecule has 1 rings (SSSR count). The molecule has 1 amide bonds. The normalized spacial score (nSPS) is 25.9. The summed E-state index contributed by atoms with van der Waals surface area (Å²) in [6, 6.07) is 0. The van der Waals surface area contributed by atoms with Crippen molar-refractivity contribution in [3.05, 3.63) is 0 Å². The van der Waals surface area contributed by atoms with Gasteiger partial charge in [-0.2, -0.15) is 11.8 Å². The number of rotatable bonds is 2. The van der Waals surface area contributed by atoms with Crippen molar-refractivity contribution in [1.82, 2.24) is 4.90 Å². The Labute approximate surface area is 101 Å². The Morgan fingerprint density at radius 2 is 2.12 bits per heavy atom. The fourth-order valence-corrected chi connectivity index (χ4v) is 2.46. The third kappa shape index (κ3) is 3.87. The van der Waals surface area contributed by atoms with Crippen molar-refractivity contribution < 1.29 is 14.6 Å². The van der Waals surface area contributed by atoms with Gasteiger partial charge < -0.3 is 14.7 Å². The van der Waals surface area contributed by atoms with Gasteiger partial charge in [0, 0.05) is 18.2 Å². The van der Waals surface area contributed by atoms with Gasteiger partial charge in [-0.05, 0) is 27.0 Å². The summed E-state index contributed by atoms with van der Waals surface area (Å²) >= 11 is 1.69. The van der Waals surface area contributed by atoms with Gasteiger partial charge in [0.2, 0.25) is 0 Å². The number of aliphatic hydroxyl groups excluding tert-OH is 1. The Kier molecular flexibility index (Phi) is 4.50. The van der Waals surface area contributed by atoms with E-state index in [-0.39, 0.29) is 12.0 Å². The monoisotopic (exact) mass is 247 g/mol. The molecular formula is C11H21NO3S. The van der Waals surface area contributed by atoms with Gasteiger partial charge in [-0.1, -0.05) is 0 Å². The zero-order chi connectivity index (χ0) is 12.3. The molecule has 1 aliphatic rings. The van der Waals surface area contributed by atoms with Crippen LogP contribution in [0.4, 0.5) is 4.79 Å². The van der Waals surface area contributed by atoms with Crippen LogP contribution in [-0.2, 0) is 4.74 Å². The predicted octanol–water partition coefficient (Wildman–Crippen LogP) is 1.58. The molecule has 1 aliphatic heterocycles. The highest BCUT2D eigenvalue weighted by atomic mass is 32.2. The molecule has 0 bridgehead atoms. The second-order valence-corrected chi connectivity index (χ2v) is 6.08. The number of hydrogen-bond acceptors (Lipinski definition) is 4. The molecule has 94 valence electrons. The summed E-state index contributed by atoms with van der Waals surface area (Å²) in [7, 11) is 0. The van der Waals surface area contributed by atoms with E-state index < -0.39 is 11.7 Å². The maximum Gasteiger partial charge on any atom is 0.410 e. The minimum atomic E-state index is -0.473. The number of likely N-dealkylation sites (tertiary alicyclic amines) is 1. The largest absolute Gasteiger partial charge is 0.444 e. The molecule has 16 heavy (non-hydrogen) atoms. The number of carbonyl (C=O) groups is 1. The van der Waals surface area contributed by atoms with Crippen molar-refractivity contribution >= 4 is 17.9 Å². The first-order chi connectivity index (χ1) is 7.33. The van der Waals surface area contributed by atoms with Crippen molar-refractivity contribution in [2.24, 2.45) is 5.92 Å². The smallest absolute Gasteiger partial charge is 0.410 e. The Hall–Kier alpha value is -0.420. The topological polar surface area (TPSA) is 49.8 Å². The predicted molar refractivity (Wildman–Crippen MR) is 65.7 cm³/mol. The van der Waals surface area contributed by atoms with E-state index >= 15 is 0 Å². The molecule has 0 aromatic heterocycles. The molecule has 0 radical (unpaired) electrons. The average Bonchev–Trinajstić information content (AvgIpc) is 2.46. The number of amides is 1. The van der Waals surface area contributed by atoms with E-state index in [9.17, 15) is 9.90 Å². The minimum absolute atomic E-state index is 0.169. The van der Waals surface area contributed by atoms with Crippen molar-refractivity contribution in [1.29, 1.82) is 0 Å². The molecule has 5 heteroatoms. The molecule has 1 fully saturated rings. The van der Waals surface area contributed by atoms with Crippen LogP contribution in [0.15, 0.2) is 0 Å². The summed E-state index contributed by atoms with van der Waals surface area (Å²) < 4.78 is 5.27. The molecule has 0 aromatic rings. The number of thioether (sulfide) groups is 1. The lowest BCUT2D eigenvalue weighted by molar-refractivity contribution is 0.0270. The van der Waals surface area contributed by atoms with Gasteiger partial charge in [-0.3, -0.25) is 0 Å². The lowest BCUT2D eigenvalue weighted by atomic mass is 10.1. The van der Waals surface area contributed by atoms with Gasteiger partial charge in [0.1, 0.15) is 5.60 Å². The van der Waals surface area contributed by atoms with Gasteiger partial charge in [0.25, 0.3) is 0 Å². The van der Waals surface area contributed by atoms with E-state index in [0.29, 0.717) is 13.1 Å². The van der Waals surface area contributed by atoms with E-state index in [2.05, 4.69) is 0 Å². The molecular weight excluding hydrogens is 226 g/mol. The van der Waals surface area contributed by atoms with E-state index in [1.165, 1.54) is 0 Å². The Balaban J connectivity index is 2.48. The van der Waals surface area contributed by atoms with Crippen LogP contribution in [0.25, 0.3) is 0 Å². The van der Waals surface area contributed by atoms with Crippen molar-refractivity contribution in [2.75, 3.05) is 25.1 Å². The number of nitrogens with zero attached hydrogens (tertiary/aromatic N) is 1. The highest BCUT2D eigenvalue weighted by Crippen LogP contribution is 2.22. The standard InChI is InChI=1S/C11H21NO3S/c1-11(2,3)15-10(14)12-5-8(7-16-4)9(13)6-12/h8-9,13H,5-7H2,1-4H3/t8-,9?/m1/s1.